The second-order valence-electron chi connectivity index (χ2n) is 7.26. The van der Waals surface area contributed by atoms with Gasteiger partial charge in [-0.3, -0.25) is 0 Å². The van der Waals surface area contributed by atoms with Gasteiger partial charge in [0.05, 0.1) is 6.33 Å². The summed E-state index contributed by atoms with van der Waals surface area (Å²) in [7, 11) is 0. The average Bonchev–Trinajstić information content (AvgIpc) is 2.91. The lowest BCUT2D eigenvalue weighted by molar-refractivity contribution is 0.220. The molecular formula is C17H29N3. The van der Waals surface area contributed by atoms with Gasteiger partial charge >= 0.3 is 0 Å². The molecule has 3 nitrogen and oxygen atoms in total. The van der Waals surface area contributed by atoms with Crippen molar-refractivity contribution < 1.29 is 0 Å². The number of aromatic nitrogens is 2. The lowest BCUT2D eigenvalue weighted by atomic mass is 9.77. The van der Waals surface area contributed by atoms with Crippen LogP contribution in [0.1, 0.15) is 58.1 Å². The summed E-state index contributed by atoms with van der Waals surface area (Å²) < 4.78 is 2.47. The predicted molar refractivity (Wildman–Crippen MR) is 82.8 cm³/mol. The van der Waals surface area contributed by atoms with Crippen LogP contribution >= 0.6 is 0 Å². The Hall–Kier alpha value is -0.830. The fraction of sp³-hybridized carbons (Fsp3) is 0.824. The lowest BCUT2D eigenvalue weighted by Crippen LogP contribution is -2.39. The molecule has 3 heteroatoms. The summed E-state index contributed by atoms with van der Waals surface area (Å²) in [6.07, 6.45) is 12.3. The van der Waals surface area contributed by atoms with Crippen LogP contribution < -0.4 is 5.32 Å². The minimum Gasteiger partial charge on any atom is -0.334 e. The van der Waals surface area contributed by atoms with E-state index in [1.54, 1.807) is 0 Å². The van der Waals surface area contributed by atoms with Crippen LogP contribution in [0.2, 0.25) is 0 Å². The molecule has 0 aromatic carbocycles. The number of hydrogen-bond donors (Lipinski definition) is 1. The first kappa shape index (κ1) is 14.1. The molecule has 20 heavy (non-hydrogen) atoms. The summed E-state index contributed by atoms with van der Waals surface area (Å²) in [6.45, 7) is 8.32. The normalized spacial score (nSPS) is 30.3. The minimum atomic E-state index is 0.319. The summed E-state index contributed by atoms with van der Waals surface area (Å²) in [6, 6.07) is 0. The highest BCUT2D eigenvalue weighted by atomic mass is 15.1. The Morgan fingerprint density at radius 2 is 2.05 bits per heavy atom. The Labute approximate surface area is 123 Å². The third-order valence-electron chi connectivity index (χ3n) is 5.76. The van der Waals surface area contributed by atoms with Gasteiger partial charge in [0.25, 0.3) is 0 Å². The molecule has 0 spiro atoms. The highest BCUT2D eigenvalue weighted by Gasteiger charge is 2.32. The van der Waals surface area contributed by atoms with E-state index >= 15 is 0 Å². The van der Waals surface area contributed by atoms with Gasteiger partial charge in [-0.15, -0.1) is 0 Å². The number of hydrogen-bond acceptors (Lipinski definition) is 2. The van der Waals surface area contributed by atoms with E-state index in [9.17, 15) is 0 Å². The number of nitrogens with zero attached hydrogens (tertiary/aromatic N) is 2. The second-order valence-corrected chi connectivity index (χ2v) is 7.26. The van der Waals surface area contributed by atoms with Crippen molar-refractivity contribution in [2.45, 2.75) is 64.3 Å². The van der Waals surface area contributed by atoms with Crippen molar-refractivity contribution in [2.24, 2.45) is 11.8 Å². The van der Waals surface area contributed by atoms with Crippen molar-refractivity contribution >= 4 is 0 Å². The number of piperidine rings is 1. The molecule has 2 atom stereocenters. The van der Waals surface area contributed by atoms with Crippen LogP contribution in [0.3, 0.4) is 0 Å². The molecule has 1 N–H and O–H groups in total. The third-order valence-corrected chi connectivity index (χ3v) is 5.76. The van der Waals surface area contributed by atoms with Crippen LogP contribution in [-0.4, -0.2) is 22.6 Å². The first-order chi connectivity index (χ1) is 9.69. The summed E-state index contributed by atoms with van der Waals surface area (Å²) in [5.41, 5.74) is 1.79. The standard InChI is InChI=1S/C17H29N3/c1-14-5-3-4-6-15(14)12-20-13-19-11-16(20)17(2)7-9-18-10-8-17/h11,13-15,18H,3-10,12H2,1-2H3. The van der Waals surface area contributed by atoms with Crippen molar-refractivity contribution in [1.82, 2.24) is 14.9 Å². The van der Waals surface area contributed by atoms with E-state index in [0.29, 0.717) is 5.41 Å². The van der Waals surface area contributed by atoms with E-state index in [1.165, 1.54) is 50.8 Å². The molecule has 2 heterocycles. The Balaban J connectivity index is 1.76. The van der Waals surface area contributed by atoms with Crippen LogP contribution in [0, 0.1) is 11.8 Å². The maximum absolute atomic E-state index is 4.48. The van der Waals surface area contributed by atoms with Gasteiger partial charge in [0.1, 0.15) is 0 Å². The van der Waals surface area contributed by atoms with Crippen LogP contribution in [0.15, 0.2) is 12.5 Å². The van der Waals surface area contributed by atoms with Gasteiger partial charge in [-0.1, -0.05) is 33.1 Å². The van der Waals surface area contributed by atoms with E-state index < -0.39 is 0 Å². The van der Waals surface area contributed by atoms with Crippen molar-refractivity contribution in [2.75, 3.05) is 13.1 Å². The van der Waals surface area contributed by atoms with Crippen LogP contribution in [-0.2, 0) is 12.0 Å². The molecule has 1 aromatic rings. The number of imidazole rings is 1. The smallest absolute Gasteiger partial charge is 0.0948 e. The molecule has 1 saturated carbocycles. The molecular weight excluding hydrogens is 246 g/mol. The first-order valence-electron chi connectivity index (χ1n) is 8.40. The third kappa shape index (κ3) is 2.78. The second kappa shape index (κ2) is 5.88. The van der Waals surface area contributed by atoms with Gasteiger partial charge in [-0.25, -0.2) is 4.98 Å². The summed E-state index contributed by atoms with van der Waals surface area (Å²) in [5.74, 6) is 1.72. The Kier molecular flexibility index (Phi) is 4.16. The highest BCUT2D eigenvalue weighted by Crippen LogP contribution is 2.35. The molecule has 1 aromatic heterocycles. The SMILES string of the molecule is CC1CCCCC1Cn1cncc1C1(C)CCNCC1. The van der Waals surface area contributed by atoms with Crippen molar-refractivity contribution in [3.63, 3.8) is 0 Å². The van der Waals surface area contributed by atoms with E-state index in [-0.39, 0.29) is 0 Å². The number of nitrogens with one attached hydrogen (secondary N) is 1. The van der Waals surface area contributed by atoms with Crippen LogP contribution in [0.25, 0.3) is 0 Å². The molecule has 0 radical (unpaired) electrons. The molecule has 1 saturated heterocycles. The summed E-state index contributed by atoms with van der Waals surface area (Å²) >= 11 is 0. The fourth-order valence-corrected chi connectivity index (χ4v) is 4.12. The Morgan fingerprint density at radius 3 is 2.80 bits per heavy atom. The van der Waals surface area contributed by atoms with Crippen LogP contribution in [0.5, 0.6) is 0 Å². The number of rotatable bonds is 3. The van der Waals surface area contributed by atoms with Gasteiger partial charge in [0.15, 0.2) is 0 Å². The Morgan fingerprint density at radius 1 is 1.30 bits per heavy atom. The predicted octanol–water partition coefficient (Wildman–Crippen LogP) is 3.35. The molecule has 0 bridgehead atoms. The molecule has 1 aliphatic carbocycles. The van der Waals surface area contributed by atoms with E-state index in [0.717, 1.165) is 24.9 Å². The van der Waals surface area contributed by atoms with Gasteiger partial charge in [0.2, 0.25) is 0 Å². The Bertz CT molecular complexity index is 431. The average molecular weight is 275 g/mol. The molecule has 1 aliphatic heterocycles. The van der Waals surface area contributed by atoms with Crippen molar-refractivity contribution in [3.8, 4) is 0 Å². The van der Waals surface area contributed by atoms with Gasteiger partial charge in [-0.2, -0.15) is 0 Å². The molecule has 112 valence electrons. The zero-order valence-corrected chi connectivity index (χ0v) is 13.1. The molecule has 2 unspecified atom stereocenters. The zero-order chi connectivity index (χ0) is 14.0. The molecule has 2 aliphatic rings. The molecule has 2 fully saturated rings. The minimum absolute atomic E-state index is 0.319. The molecule has 3 rings (SSSR count). The maximum atomic E-state index is 4.48. The zero-order valence-electron chi connectivity index (χ0n) is 13.1. The summed E-state index contributed by atoms with van der Waals surface area (Å²) in [4.78, 5) is 4.48. The van der Waals surface area contributed by atoms with E-state index in [4.69, 9.17) is 0 Å². The van der Waals surface area contributed by atoms with Gasteiger partial charge in [-0.05, 0) is 44.2 Å². The van der Waals surface area contributed by atoms with Crippen molar-refractivity contribution in [1.29, 1.82) is 0 Å². The summed E-state index contributed by atoms with van der Waals surface area (Å²) in [5, 5.41) is 3.48. The lowest BCUT2D eigenvalue weighted by Gasteiger charge is -2.36. The van der Waals surface area contributed by atoms with Gasteiger partial charge in [0, 0.05) is 23.9 Å². The van der Waals surface area contributed by atoms with Gasteiger partial charge < -0.3 is 9.88 Å². The maximum Gasteiger partial charge on any atom is 0.0948 e. The monoisotopic (exact) mass is 275 g/mol. The van der Waals surface area contributed by atoms with E-state index in [1.807, 2.05) is 0 Å². The fourth-order valence-electron chi connectivity index (χ4n) is 4.12. The largest absolute Gasteiger partial charge is 0.334 e. The first-order valence-corrected chi connectivity index (χ1v) is 8.40. The van der Waals surface area contributed by atoms with Crippen molar-refractivity contribution in [3.05, 3.63) is 18.2 Å². The quantitative estimate of drug-likeness (QED) is 0.917. The topological polar surface area (TPSA) is 29.9 Å². The highest BCUT2D eigenvalue weighted by molar-refractivity contribution is 5.15. The molecule has 0 amide bonds. The van der Waals surface area contributed by atoms with Crippen LogP contribution in [0.4, 0.5) is 0 Å². The van der Waals surface area contributed by atoms with E-state index in [2.05, 4.69) is 41.2 Å².